The minimum Gasteiger partial charge on any atom is -0.349 e. The quantitative estimate of drug-likeness (QED) is 0.209. The van der Waals surface area contributed by atoms with E-state index in [0.717, 1.165) is 43.9 Å². The van der Waals surface area contributed by atoms with Gasteiger partial charge in [0.1, 0.15) is 0 Å². The topological polar surface area (TPSA) is 46.2 Å². The number of hydrogen-bond acceptors (Lipinski definition) is 5. The van der Waals surface area contributed by atoms with Crippen LogP contribution in [0, 0.1) is 70.0 Å². The molecule has 0 aromatic carbocycles. The molecule has 2 bridgehead atoms. The van der Waals surface area contributed by atoms with Crippen molar-refractivity contribution in [3.63, 3.8) is 0 Å². The van der Waals surface area contributed by atoms with Gasteiger partial charge in [-0.2, -0.15) is 0 Å². The van der Waals surface area contributed by atoms with Gasteiger partial charge in [0.2, 0.25) is 5.79 Å². The summed E-state index contributed by atoms with van der Waals surface area (Å²) in [4.78, 5) is 12.4. The highest BCUT2D eigenvalue weighted by atomic mass is 17.3. The fraction of sp³-hybridized carbons (Fsp3) is 0.860. The summed E-state index contributed by atoms with van der Waals surface area (Å²) in [5.74, 6) is 4.95. The third kappa shape index (κ3) is 5.08. The van der Waals surface area contributed by atoms with Gasteiger partial charge in [0.05, 0.1) is 6.10 Å². The van der Waals surface area contributed by atoms with Crippen molar-refractivity contribution in [2.24, 2.45) is 70.0 Å². The van der Waals surface area contributed by atoms with Gasteiger partial charge >= 0.3 is 0 Å². The molecule has 0 amide bonds. The Labute approximate surface area is 291 Å². The van der Waals surface area contributed by atoms with Crippen molar-refractivity contribution >= 4 is 0 Å². The summed E-state index contributed by atoms with van der Waals surface area (Å²) in [7, 11) is 0. The van der Waals surface area contributed by atoms with E-state index in [0.29, 0.717) is 46.8 Å². The summed E-state index contributed by atoms with van der Waals surface area (Å²) in [5.41, 5.74) is 3.55. The molecule has 8 fully saturated rings. The lowest BCUT2D eigenvalue weighted by Gasteiger charge is -2.60. The highest BCUT2D eigenvalue weighted by molar-refractivity contribution is 5.39. The maximum Gasteiger partial charge on any atom is 0.201 e. The zero-order valence-corrected chi connectivity index (χ0v) is 31.6. The maximum absolute atomic E-state index is 7.03. The first kappa shape index (κ1) is 34.1. The zero-order valence-electron chi connectivity index (χ0n) is 31.6. The highest BCUT2D eigenvalue weighted by Crippen LogP contribution is 2.66. The Hall–Kier alpha value is -0.980. The zero-order chi connectivity index (χ0) is 33.8. The first-order valence-corrected chi connectivity index (χ1v) is 20.2. The van der Waals surface area contributed by atoms with E-state index in [4.69, 9.17) is 24.0 Å². The number of rotatable bonds is 6. The first-order chi connectivity index (χ1) is 22.8. The molecule has 1 spiro atoms. The highest BCUT2D eigenvalue weighted by Gasteiger charge is 2.70. The van der Waals surface area contributed by atoms with E-state index in [1.165, 1.54) is 38.5 Å². The fourth-order valence-electron chi connectivity index (χ4n) is 12.9. The van der Waals surface area contributed by atoms with E-state index < -0.39 is 17.7 Å². The van der Waals surface area contributed by atoms with Crippen molar-refractivity contribution in [3.05, 3.63) is 35.5 Å². The molecule has 4 heterocycles. The maximum atomic E-state index is 7.03. The Morgan fingerprint density at radius 2 is 1.62 bits per heavy atom. The monoisotopic (exact) mass is 662 g/mol. The van der Waals surface area contributed by atoms with E-state index in [9.17, 15) is 0 Å². The van der Waals surface area contributed by atoms with Gasteiger partial charge in [-0.15, -0.1) is 0 Å². The molecule has 9 aliphatic rings. The first-order valence-electron chi connectivity index (χ1n) is 20.2. The average molecular weight is 663 g/mol. The minimum atomic E-state index is -0.747. The van der Waals surface area contributed by atoms with Crippen molar-refractivity contribution in [1.82, 2.24) is 0 Å². The van der Waals surface area contributed by atoms with Gasteiger partial charge in [-0.25, -0.2) is 9.78 Å². The van der Waals surface area contributed by atoms with Crippen LogP contribution in [-0.4, -0.2) is 30.1 Å². The van der Waals surface area contributed by atoms with Gasteiger partial charge in [0.25, 0.3) is 0 Å². The normalized spacial score (nSPS) is 52.5. The van der Waals surface area contributed by atoms with Crippen molar-refractivity contribution in [3.8, 4) is 0 Å². The predicted octanol–water partition coefficient (Wildman–Crippen LogP) is 10.6. The molecular weight excluding hydrogens is 596 g/mol. The molecule has 5 nitrogen and oxygen atoms in total. The molecule has 0 N–H and O–H groups in total. The van der Waals surface area contributed by atoms with Gasteiger partial charge in [-0.1, -0.05) is 90.8 Å². The van der Waals surface area contributed by atoms with Gasteiger partial charge in [-0.05, 0) is 129 Å². The molecule has 7 unspecified atom stereocenters. The number of hydrogen-bond donors (Lipinski definition) is 0. The largest absolute Gasteiger partial charge is 0.349 e. The summed E-state index contributed by atoms with van der Waals surface area (Å²) < 4.78 is 20.5. The molecular formula is C43H66O5. The molecule has 268 valence electrons. The second kappa shape index (κ2) is 12.0. The van der Waals surface area contributed by atoms with Crippen molar-refractivity contribution in [2.45, 2.75) is 163 Å². The molecule has 5 heteroatoms. The lowest BCUT2D eigenvalue weighted by atomic mass is 9.50. The number of fused-ring (bicyclic) bond motifs is 7. The molecule has 9 rings (SSSR count). The van der Waals surface area contributed by atoms with Crippen LogP contribution < -0.4 is 0 Å². The second-order valence-electron chi connectivity index (χ2n) is 19.2. The Morgan fingerprint density at radius 3 is 2.42 bits per heavy atom. The summed E-state index contributed by atoms with van der Waals surface area (Å²) in [5, 5.41) is 0. The van der Waals surface area contributed by atoms with Crippen molar-refractivity contribution in [2.75, 3.05) is 0 Å². The Bertz CT molecular complexity index is 1330. The van der Waals surface area contributed by atoms with E-state index >= 15 is 0 Å². The Morgan fingerprint density at radius 1 is 0.812 bits per heavy atom. The summed E-state index contributed by atoms with van der Waals surface area (Å²) in [6, 6.07) is 0. The minimum absolute atomic E-state index is 0.181. The predicted molar refractivity (Wildman–Crippen MR) is 189 cm³/mol. The summed E-state index contributed by atoms with van der Waals surface area (Å²) >= 11 is 0. The van der Waals surface area contributed by atoms with Crippen LogP contribution in [0.3, 0.4) is 0 Å². The molecule has 4 saturated heterocycles. The van der Waals surface area contributed by atoms with Crippen LogP contribution in [0.1, 0.15) is 133 Å². The lowest BCUT2D eigenvalue weighted by molar-refractivity contribution is -0.578. The molecule has 4 saturated carbocycles. The summed E-state index contributed by atoms with van der Waals surface area (Å²) in [6.07, 6.45) is 22.7. The molecule has 5 aliphatic carbocycles. The molecule has 16 atom stereocenters. The Balaban J connectivity index is 0.980. The van der Waals surface area contributed by atoms with Crippen LogP contribution in [0.2, 0.25) is 0 Å². The Kier molecular flexibility index (Phi) is 8.56. The van der Waals surface area contributed by atoms with Crippen LogP contribution in [0.25, 0.3) is 0 Å². The molecule has 0 aromatic heterocycles. The van der Waals surface area contributed by atoms with Gasteiger partial charge < -0.3 is 14.2 Å². The molecule has 0 radical (unpaired) electrons. The van der Waals surface area contributed by atoms with Gasteiger partial charge in [0, 0.05) is 18.3 Å². The van der Waals surface area contributed by atoms with Gasteiger partial charge in [0.15, 0.2) is 18.2 Å². The van der Waals surface area contributed by atoms with Crippen LogP contribution in [0.5, 0.6) is 0 Å². The number of allylic oxidation sites excluding steroid dienone is 5. The van der Waals surface area contributed by atoms with Crippen LogP contribution in [0.15, 0.2) is 35.5 Å². The van der Waals surface area contributed by atoms with Crippen LogP contribution >= 0.6 is 0 Å². The summed E-state index contributed by atoms with van der Waals surface area (Å²) in [6.45, 7) is 21.5. The average Bonchev–Trinajstić information content (AvgIpc) is 3.25. The van der Waals surface area contributed by atoms with Crippen molar-refractivity contribution in [1.29, 1.82) is 0 Å². The molecule has 0 aromatic rings. The van der Waals surface area contributed by atoms with E-state index in [-0.39, 0.29) is 23.7 Å². The van der Waals surface area contributed by atoms with E-state index in [1.807, 2.05) is 6.92 Å². The van der Waals surface area contributed by atoms with E-state index in [2.05, 4.69) is 79.7 Å². The third-order valence-electron chi connectivity index (χ3n) is 16.4. The molecule has 4 aliphatic heterocycles. The smallest absolute Gasteiger partial charge is 0.201 e. The lowest BCUT2D eigenvalue weighted by Crippen LogP contribution is -2.70. The second-order valence-corrected chi connectivity index (χ2v) is 19.2. The van der Waals surface area contributed by atoms with Crippen LogP contribution in [0.4, 0.5) is 0 Å². The SMILES string of the molecule is CC(C)[C@@H](C)/C=C/[C@@H](C)[C@H]1CCC2C3=CC=C4CC(OC5OC6O[C@@]7(C)CCC8[C@H](C)CCC([C@H]5C)[C@@]68OO7)CC[C@]4(C)C3CC[C@@]21C. The van der Waals surface area contributed by atoms with E-state index in [1.54, 1.807) is 11.1 Å². The standard InChI is InChI=1S/C43H66O5/c1-25(2)26(3)10-11-27(4)33-16-17-36-32-14-13-30-24-31(18-21-40(30,7)37(32)19-22-41(33,36)8)44-38-29(6)35-15-12-28(5)34-20-23-42(9)46-39(45-38)43(34,35)48-47-42/h10-11,13-14,25-29,31,33-39H,12,15-24H2,1-9H3/b11-10+/t26-,27+,28+,29+,31?,33+,34?,35?,36?,37?,38?,39?,40-,41+,42+,43+/m0/s1. The van der Waals surface area contributed by atoms with Crippen LogP contribution in [-0.2, 0) is 24.0 Å². The third-order valence-corrected chi connectivity index (χ3v) is 16.4. The van der Waals surface area contributed by atoms with Crippen molar-refractivity contribution < 1.29 is 24.0 Å². The molecule has 48 heavy (non-hydrogen) atoms. The van der Waals surface area contributed by atoms with Gasteiger partial charge in [-0.3, -0.25) is 0 Å². The fourth-order valence-corrected chi connectivity index (χ4v) is 12.9. The number of ether oxygens (including phenoxy) is 3.